The minimum atomic E-state index is -0.936. The van der Waals surface area contributed by atoms with Crippen LogP contribution in [-0.4, -0.2) is 29.1 Å². The third-order valence-electron chi connectivity index (χ3n) is 4.86. The van der Waals surface area contributed by atoms with Crippen molar-refractivity contribution in [3.63, 3.8) is 0 Å². The van der Waals surface area contributed by atoms with Gasteiger partial charge in [-0.2, -0.15) is 0 Å². The predicted octanol–water partition coefficient (Wildman–Crippen LogP) is 4.38. The van der Waals surface area contributed by atoms with Crippen molar-refractivity contribution in [3.05, 3.63) is 81.5 Å². The molecule has 1 N–H and O–H groups in total. The molecule has 0 radical (unpaired) electrons. The highest BCUT2D eigenvalue weighted by Crippen LogP contribution is 2.44. The van der Waals surface area contributed by atoms with Gasteiger partial charge in [0.2, 0.25) is 0 Å². The highest BCUT2D eigenvalue weighted by atomic mass is 79.9. The first-order chi connectivity index (χ1) is 14.4. The van der Waals surface area contributed by atoms with Crippen LogP contribution in [0.5, 0.6) is 5.75 Å². The zero-order valence-electron chi connectivity index (χ0n) is 16.1. The van der Waals surface area contributed by atoms with Crippen LogP contribution in [0.4, 0.5) is 5.82 Å². The number of ether oxygens (including phenoxy) is 1. The Bertz CT molecular complexity index is 1170. The van der Waals surface area contributed by atoms with E-state index >= 15 is 0 Å². The van der Waals surface area contributed by atoms with Crippen LogP contribution in [0.2, 0.25) is 0 Å². The van der Waals surface area contributed by atoms with Gasteiger partial charge in [0.15, 0.2) is 5.82 Å². The number of carbonyl (C=O) groups is 2. The Kier molecular flexibility index (Phi) is 5.17. The molecule has 1 saturated heterocycles. The molecule has 1 fully saturated rings. The average molecular weight is 469 g/mol. The van der Waals surface area contributed by atoms with E-state index in [-0.39, 0.29) is 17.2 Å². The first-order valence-corrected chi connectivity index (χ1v) is 9.85. The average Bonchev–Trinajstić information content (AvgIpc) is 3.29. The van der Waals surface area contributed by atoms with Gasteiger partial charge in [-0.1, -0.05) is 51.4 Å². The predicted molar refractivity (Wildman–Crippen MR) is 113 cm³/mol. The van der Waals surface area contributed by atoms with E-state index in [9.17, 15) is 14.7 Å². The molecule has 0 bridgehead atoms. The molecule has 1 amide bonds. The molecule has 7 nitrogen and oxygen atoms in total. The number of Topliss-reactive ketones (excluding diaryl/α,β-unsaturated/α-hetero) is 1. The molecular formula is C22H17BrN2O5. The summed E-state index contributed by atoms with van der Waals surface area (Å²) in [5.74, 6) is -0.764. The van der Waals surface area contributed by atoms with Crippen molar-refractivity contribution < 1.29 is 24.0 Å². The largest absolute Gasteiger partial charge is 0.507 e. The maximum atomic E-state index is 13.0. The van der Waals surface area contributed by atoms with Crippen LogP contribution in [0.1, 0.15) is 22.9 Å². The molecule has 2 heterocycles. The van der Waals surface area contributed by atoms with E-state index in [0.717, 1.165) is 4.47 Å². The summed E-state index contributed by atoms with van der Waals surface area (Å²) in [5.41, 5.74) is 0.901. The summed E-state index contributed by atoms with van der Waals surface area (Å²) in [6.07, 6.45) is 0. The maximum absolute atomic E-state index is 13.0. The zero-order valence-corrected chi connectivity index (χ0v) is 17.7. The number of hydrogen-bond donors (Lipinski definition) is 1. The van der Waals surface area contributed by atoms with Crippen molar-refractivity contribution in [3.8, 4) is 5.75 Å². The summed E-state index contributed by atoms with van der Waals surface area (Å²) < 4.78 is 11.4. The lowest BCUT2D eigenvalue weighted by Crippen LogP contribution is -2.29. The molecule has 1 unspecified atom stereocenters. The van der Waals surface area contributed by atoms with Gasteiger partial charge in [-0.05, 0) is 25.1 Å². The van der Waals surface area contributed by atoms with Crippen molar-refractivity contribution in [1.82, 2.24) is 5.16 Å². The second kappa shape index (κ2) is 7.79. The molecule has 0 spiro atoms. The summed E-state index contributed by atoms with van der Waals surface area (Å²) in [4.78, 5) is 27.3. The molecule has 30 heavy (non-hydrogen) atoms. The van der Waals surface area contributed by atoms with E-state index in [1.807, 2.05) is 0 Å². The summed E-state index contributed by atoms with van der Waals surface area (Å²) in [5, 5.41) is 15.0. The lowest BCUT2D eigenvalue weighted by molar-refractivity contribution is -0.132. The topological polar surface area (TPSA) is 92.9 Å². The number of anilines is 1. The van der Waals surface area contributed by atoms with Crippen LogP contribution in [0, 0.1) is 6.92 Å². The van der Waals surface area contributed by atoms with Crippen LogP contribution in [0.25, 0.3) is 5.76 Å². The Morgan fingerprint density at radius 2 is 1.87 bits per heavy atom. The molecular weight excluding hydrogens is 452 g/mol. The number of aryl methyl sites for hydroxylation is 1. The highest BCUT2D eigenvalue weighted by molar-refractivity contribution is 9.10. The second-order valence-corrected chi connectivity index (χ2v) is 7.63. The second-order valence-electron chi connectivity index (χ2n) is 6.71. The summed E-state index contributed by atoms with van der Waals surface area (Å²) >= 11 is 3.35. The normalized spacial score (nSPS) is 18.1. The van der Waals surface area contributed by atoms with Crippen LogP contribution in [-0.2, 0) is 9.59 Å². The number of aliphatic hydroxyl groups is 1. The van der Waals surface area contributed by atoms with Crippen molar-refractivity contribution in [2.75, 3.05) is 12.0 Å². The van der Waals surface area contributed by atoms with Gasteiger partial charge >= 0.3 is 5.91 Å². The van der Waals surface area contributed by atoms with Gasteiger partial charge in [-0.15, -0.1) is 0 Å². The lowest BCUT2D eigenvalue weighted by atomic mass is 9.94. The van der Waals surface area contributed by atoms with Crippen molar-refractivity contribution in [1.29, 1.82) is 0 Å². The van der Waals surface area contributed by atoms with E-state index < -0.39 is 17.7 Å². The molecule has 3 aromatic rings. The number of aliphatic hydroxyl groups excluding tert-OH is 1. The Hall–Kier alpha value is -3.39. The molecule has 1 aliphatic heterocycles. The highest BCUT2D eigenvalue weighted by Gasteiger charge is 2.49. The number of carbonyl (C=O) groups excluding carboxylic acids is 2. The van der Waals surface area contributed by atoms with E-state index in [2.05, 4.69) is 21.1 Å². The fourth-order valence-corrected chi connectivity index (χ4v) is 3.75. The maximum Gasteiger partial charge on any atom is 0.301 e. The Morgan fingerprint density at radius 3 is 2.50 bits per heavy atom. The van der Waals surface area contributed by atoms with Gasteiger partial charge in [0.1, 0.15) is 23.3 Å². The minimum absolute atomic E-state index is 0.0486. The van der Waals surface area contributed by atoms with E-state index in [1.54, 1.807) is 61.5 Å². The van der Waals surface area contributed by atoms with Gasteiger partial charge in [-0.25, -0.2) is 0 Å². The number of para-hydroxylation sites is 1. The summed E-state index contributed by atoms with van der Waals surface area (Å²) in [6, 6.07) is 14.4. The fourth-order valence-electron chi connectivity index (χ4n) is 3.49. The Morgan fingerprint density at radius 1 is 1.17 bits per heavy atom. The summed E-state index contributed by atoms with van der Waals surface area (Å²) in [6.45, 7) is 1.69. The SMILES string of the molecule is COc1ccccc1C1C(=C(O)c2ccc(Br)cc2)C(=O)C(=O)N1c1cc(C)on1. The van der Waals surface area contributed by atoms with Crippen molar-refractivity contribution in [2.24, 2.45) is 0 Å². The monoisotopic (exact) mass is 468 g/mol. The van der Waals surface area contributed by atoms with Crippen LogP contribution < -0.4 is 9.64 Å². The van der Waals surface area contributed by atoms with E-state index in [4.69, 9.17) is 9.26 Å². The molecule has 1 atom stereocenters. The smallest absolute Gasteiger partial charge is 0.301 e. The third kappa shape index (κ3) is 3.29. The van der Waals surface area contributed by atoms with Crippen LogP contribution >= 0.6 is 15.9 Å². The number of amides is 1. The molecule has 8 heteroatoms. The van der Waals surface area contributed by atoms with Crippen LogP contribution in [0.3, 0.4) is 0 Å². The standard InChI is InChI=1S/C22H17BrN2O5/c1-12-11-17(24-30-12)25-19(15-5-3-4-6-16(15)29-2)18(21(27)22(25)28)20(26)13-7-9-14(23)10-8-13/h3-11,19,26H,1-2H3. The van der Waals surface area contributed by atoms with Gasteiger partial charge in [0.05, 0.1) is 12.7 Å². The molecule has 0 saturated carbocycles. The Balaban J connectivity index is 1.98. The molecule has 4 rings (SSSR count). The lowest BCUT2D eigenvalue weighted by Gasteiger charge is -2.24. The van der Waals surface area contributed by atoms with E-state index in [0.29, 0.717) is 22.6 Å². The number of halogens is 1. The van der Waals surface area contributed by atoms with Crippen molar-refractivity contribution in [2.45, 2.75) is 13.0 Å². The van der Waals surface area contributed by atoms with Crippen LogP contribution in [0.15, 0.2) is 69.2 Å². The molecule has 2 aromatic carbocycles. The van der Waals surface area contributed by atoms with Gasteiger partial charge in [0.25, 0.3) is 5.78 Å². The zero-order chi connectivity index (χ0) is 21.4. The Labute approximate surface area is 180 Å². The number of benzene rings is 2. The van der Waals surface area contributed by atoms with Gasteiger partial charge in [-0.3, -0.25) is 14.5 Å². The number of aromatic nitrogens is 1. The molecule has 0 aliphatic carbocycles. The molecule has 152 valence electrons. The number of rotatable bonds is 4. The quantitative estimate of drug-likeness (QED) is 0.347. The first-order valence-electron chi connectivity index (χ1n) is 9.05. The summed E-state index contributed by atoms with van der Waals surface area (Å²) in [7, 11) is 1.50. The molecule has 1 aliphatic rings. The van der Waals surface area contributed by atoms with Gasteiger partial charge in [0, 0.05) is 21.7 Å². The number of methoxy groups -OCH3 is 1. The minimum Gasteiger partial charge on any atom is -0.507 e. The number of ketones is 1. The fraction of sp³-hybridized carbons (Fsp3) is 0.136. The molecule has 1 aromatic heterocycles. The first kappa shape index (κ1) is 19.9. The van der Waals surface area contributed by atoms with E-state index in [1.165, 1.54) is 12.0 Å². The third-order valence-corrected chi connectivity index (χ3v) is 5.39. The number of hydrogen-bond acceptors (Lipinski definition) is 6. The van der Waals surface area contributed by atoms with Gasteiger partial charge < -0.3 is 14.4 Å². The van der Waals surface area contributed by atoms with Crippen molar-refractivity contribution >= 4 is 39.2 Å². The number of nitrogens with zero attached hydrogens (tertiary/aromatic N) is 2.